The number of hydrogen-bond donors (Lipinski definition) is 1. The van der Waals surface area contributed by atoms with E-state index >= 15 is 0 Å². The molecule has 3 rings (SSSR count). The lowest BCUT2D eigenvalue weighted by Gasteiger charge is -2.10. The highest BCUT2D eigenvalue weighted by Crippen LogP contribution is 2.25. The van der Waals surface area contributed by atoms with E-state index in [4.69, 9.17) is 5.26 Å². The van der Waals surface area contributed by atoms with E-state index in [2.05, 4.69) is 16.4 Å². The molecule has 132 valence electrons. The Morgan fingerprint density at radius 2 is 2.08 bits per heavy atom. The minimum atomic E-state index is -0.0687. The number of imidazole rings is 1. The molecule has 0 fully saturated rings. The summed E-state index contributed by atoms with van der Waals surface area (Å²) in [6.45, 7) is 4.58. The molecule has 0 unspecified atom stereocenters. The van der Waals surface area contributed by atoms with Crippen LogP contribution < -0.4 is 5.32 Å². The Kier molecular flexibility index (Phi) is 5.59. The second kappa shape index (κ2) is 8.07. The van der Waals surface area contributed by atoms with Crippen molar-refractivity contribution in [2.75, 3.05) is 11.1 Å². The first-order valence-electron chi connectivity index (χ1n) is 8.40. The lowest BCUT2D eigenvalue weighted by atomic mass is 10.1. The third kappa shape index (κ3) is 4.06. The lowest BCUT2D eigenvalue weighted by Crippen LogP contribution is -2.15. The molecule has 1 N–H and O–H groups in total. The molecule has 0 radical (unpaired) electrons. The zero-order valence-corrected chi connectivity index (χ0v) is 15.6. The van der Waals surface area contributed by atoms with Crippen LogP contribution in [0.3, 0.4) is 0 Å². The van der Waals surface area contributed by atoms with Crippen LogP contribution in [0.1, 0.15) is 17.5 Å². The largest absolute Gasteiger partial charge is 0.325 e. The van der Waals surface area contributed by atoms with Crippen molar-refractivity contribution >= 4 is 34.4 Å². The fourth-order valence-electron chi connectivity index (χ4n) is 2.81. The maximum absolute atomic E-state index is 12.3. The number of carbonyl (C=O) groups is 1. The van der Waals surface area contributed by atoms with Crippen LogP contribution in [0.25, 0.3) is 11.0 Å². The number of fused-ring (bicyclic) bond motifs is 1. The number of amides is 1. The molecule has 0 aliphatic rings. The van der Waals surface area contributed by atoms with Crippen molar-refractivity contribution in [1.82, 2.24) is 9.55 Å². The van der Waals surface area contributed by atoms with Gasteiger partial charge in [0.25, 0.3) is 0 Å². The Balaban J connectivity index is 1.72. The number of aromatic nitrogens is 2. The summed E-state index contributed by atoms with van der Waals surface area (Å²) in [6, 6.07) is 15.9. The molecule has 1 heterocycles. The van der Waals surface area contributed by atoms with Crippen LogP contribution in [0.15, 0.2) is 47.6 Å². The number of anilines is 1. The summed E-state index contributed by atoms with van der Waals surface area (Å²) in [5.41, 5.74) is 4.91. The van der Waals surface area contributed by atoms with E-state index in [1.807, 2.05) is 60.9 Å². The van der Waals surface area contributed by atoms with E-state index in [0.717, 1.165) is 27.4 Å². The first-order valence-corrected chi connectivity index (χ1v) is 9.39. The van der Waals surface area contributed by atoms with Crippen molar-refractivity contribution < 1.29 is 4.79 Å². The molecule has 3 aromatic rings. The van der Waals surface area contributed by atoms with E-state index in [1.165, 1.54) is 17.3 Å². The van der Waals surface area contributed by atoms with Gasteiger partial charge in [-0.25, -0.2) is 4.98 Å². The van der Waals surface area contributed by atoms with Crippen LogP contribution in [0.5, 0.6) is 0 Å². The second-order valence-electron chi connectivity index (χ2n) is 6.10. The van der Waals surface area contributed by atoms with Gasteiger partial charge in [-0.2, -0.15) is 5.26 Å². The molecule has 2 aromatic carbocycles. The second-order valence-corrected chi connectivity index (χ2v) is 7.04. The quantitative estimate of drug-likeness (QED) is 0.662. The predicted octanol–water partition coefficient (Wildman–Crippen LogP) is 4.30. The molecule has 26 heavy (non-hydrogen) atoms. The highest BCUT2D eigenvalue weighted by Gasteiger charge is 2.13. The SMILES string of the molecule is Cc1ccc(NC(=O)CSc2nc3ccccc3n2CCC#N)c(C)c1. The molecule has 6 heteroatoms. The molecule has 1 amide bonds. The maximum Gasteiger partial charge on any atom is 0.234 e. The molecule has 0 spiro atoms. The first kappa shape index (κ1) is 18.0. The fourth-order valence-corrected chi connectivity index (χ4v) is 3.65. The van der Waals surface area contributed by atoms with E-state index in [9.17, 15) is 4.79 Å². The molecular formula is C20H20N4OS. The number of para-hydroxylation sites is 2. The molecule has 0 aliphatic carbocycles. The van der Waals surface area contributed by atoms with Crippen molar-refractivity contribution in [3.8, 4) is 6.07 Å². The molecule has 0 bridgehead atoms. The average molecular weight is 364 g/mol. The van der Waals surface area contributed by atoms with E-state index in [1.54, 1.807) is 0 Å². The minimum Gasteiger partial charge on any atom is -0.325 e. The summed E-state index contributed by atoms with van der Waals surface area (Å²) in [5.74, 6) is 0.198. The van der Waals surface area contributed by atoms with Crippen molar-refractivity contribution in [3.63, 3.8) is 0 Å². The van der Waals surface area contributed by atoms with Crippen LogP contribution in [0.2, 0.25) is 0 Å². The van der Waals surface area contributed by atoms with Gasteiger partial charge in [-0.05, 0) is 37.6 Å². The number of carbonyl (C=O) groups excluding carboxylic acids is 1. The monoisotopic (exact) mass is 364 g/mol. The average Bonchev–Trinajstić information content (AvgIpc) is 2.98. The number of benzene rings is 2. The zero-order valence-electron chi connectivity index (χ0n) is 14.8. The number of rotatable bonds is 6. The Hall–Kier alpha value is -2.78. The standard InChI is InChI=1S/C20H20N4OS/c1-14-8-9-16(15(2)12-14)22-19(25)13-26-20-23-17-6-3-4-7-18(17)24(20)11-5-10-21/h3-4,6-9,12H,5,11,13H2,1-2H3,(H,22,25). The van der Waals surface area contributed by atoms with Crippen molar-refractivity contribution in [3.05, 3.63) is 53.6 Å². The van der Waals surface area contributed by atoms with Crippen molar-refractivity contribution in [1.29, 1.82) is 5.26 Å². The summed E-state index contributed by atoms with van der Waals surface area (Å²) >= 11 is 1.39. The van der Waals surface area contributed by atoms with Gasteiger partial charge in [0.15, 0.2) is 5.16 Å². The number of hydrogen-bond acceptors (Lipinski definition) is 4. The van der Waals surface area contributed by atoms with Crippen LogP contribution in [-0.4, -0.2) is 21.2 Å². The third-order valence-corrected chi connectivity index (χ3v) is 5.03. The number of thioether (sulfide) groups is 1. The first-order chi connectivity index (χ1) is 12.6. The topological polar surface area (TPSA) is 70.7 Å². The summed E-state index contributed by atoms with van der Waals surface area (Å²) in [5, 5.41) is 12.6. The normalized spacial score (nSPS) is 10.7. The van der Waals surface area contributed by atoms with Crippen LogP contribution in [0.4, 0.5) is 5.69 Å². The molecule has 0 atom stereocenters. The molecule has 0 aliphatic heterocycles. The zero-order chi connectivity index (χ0) is 18.5. The Morgan fingerprint density at radius 3 is 2.85 bits per heavy atom. The molecule has 0 saturated carbocycles. The van der Waals surface area contributed by atoms with Crippen molar-refractivity contribution in [2.24, 2.45) is 0 Å². The third-order valence-electron chi connectivity index (χ3n) is 4.06. The van der Waals surface area contributed by atoms with Gasteiger partial charge in [0.2, 0.25) is 5.91 Å². The molecule has 0 saturated heterocycles. The maximum atomic E-state index is 12.3. The Morgan fingerprint density at radius 1 is 1.27 bits per heavy atom. The van der Waals surface area contributed by atoms with Gasteiger partial charge in [-0.1, -0.05) is 41.6 Å². The molecular weight excluding hydrogens is 344 g/mol. The van der Waals surface area contributed by atoms with E-state index in [0.29, 0.717) is 13.0 Å². The van der Waals surface area contributed by atoms with Crippen LogP contribution in [-0.2, 0) is 11.3 Å². The van der Waals surface area contributed by atoms with Gasteiger partial charge in [-0.15, -0.1) is 0 Å². The number of nitriles is 1. The van der Waals surface area contributed by atoms with Crippen molar-refractivity contribution in [2.45, 2.75) is 32.0 Å². The fraction of sp³-hybridized carbons (Fsp3) is 0.250. The Labute approximate surface area is 157 Å². The summed E-state index contributed by atoms with van der Waals surface area (Å²) < 4.78 is 2.01. The highest BCUT2D eigenvalue weighted by molar-refractivity contribution is 7.99. The van der Waals surface area contributed by atoms with E-state index < -0.39 is 0 Å². The van der Waals surface area contributed by atoms with Gasteiger partial charge >= 0.3 is 0 Å². The minimum absolute atomic E-state index is 0.0687. The van der Waals surface area contributed by atoms with E-state index in [-0.39, 0.29) is 11.7 Å². The molecule has 5 nitrogen and oxygen atoms in total. The van der Waals surface area contributed by atoms with Gasteiger partial charge in [0, 0.05) is 12.2 Å². The van der Waals surface area contributed by atoms with Gasteiger partial charge in [0.1, 0.15) is 0 Å². The smallest absolute Gasteiger partial charge is 0.234 e. The number of nitrogens with zero attached hydrogens (tertiary/aromatic N) is 3. The van der Waals surface area contributed by atoms with Gasteiger partial charge in [0.05, 0.1) is 29.3 Å². The van der Waals surface area contributed by atoms with Crippen LogP contribution in [0, 0.1) is 25.2 Å². The highest BCUT2D eigenvalue weighted by atomic mass is 32.2. The Bertz CT molecular complexity index is 987. The number of aryl methyl sites for hydroxylation is 3. The van der Waals surface area contributed by atoms with Crippen LogP contribution >= 0.6 is 11.8 Å². The summed E-state index contributed by atoms with van der Waals surface area (Å²) in [4.78, 5) is 17.0. The molecule has 1 aromatic heterocycles. The van der Waals surface area contributed by atoms with Gasteiger partial charge in [-0.3, -0.25) is 4.79 Å². The lowest BCUT2D eigenvalue weighted by molar-refractivity contribution is -0.113. The predicted molar refractivity (Wildman–Crippen MR) is 105 cm³/mol. The summed E-state index contributed by atoms with van der Waals surface area (Å²) in [7, 11) is 0. The van der Waals surface area contributed by atoms with Gasteiger partial charge < -0.3 is 9.88 Å². The number of nitrogens with one attached hydrogen (secondary N) is 1. The summed E-state index contributed by atoms with van der Waals surface area (Å²) in [6.07, 6.45) is 0.405.